The lowest BCUT2D eigenvalue weighted by Crippen LogP contribution is -2.50. The molecule has 0 aromatic heterocycles. The van der Waals surface area contributed by atoms with Crippen molar-refractivity contribution in [2.75, 3.05) is 13.1 Å². The molecule has 0 unspecified atom stereocenters. The highest BCUT2D eigenvalue weighted by molar-refractivity contribution is 5.88. The number of benzene rings is 2. The second-order valence-electron chi connectivity index (χ2n) is 7.98. The van der Waals surface area contributed by atoms with Gasteiger partial charge in [-0.05, 0) is 42.7 Å². The number of halogens is 3. The molecule has 0 spiro atoms. The Kier molecular flexibility index (Phi) is 5.52. The number of carbonyl (C=O) groups is 1. The van der Waals surface area contributed by atoms with Crippen LogP contribution in [0.3, 0.4) is 0 Å². The van der Waals surface area contributed by atoms with Crippen molar-refractivity contribution >= 4 is 5.91 Å². The van der Waals surface area contributed by atoms with E-state index < -0.39 is 17.0 Å². The molecule has 0 atom stereocenters. The Morgan fingerprint density at radius 3 is 2.17 bits per heavy atom. The first-order chi connectivity index (χ1) is 14.0. The van der Waals surface area contributed by atoms with Crippen LogP contribution in [-0.2, 0) is 10.2 Å². The molecule has 0 N–H and O–H groups in total. The molecule has 1 amide bonds. The Labute approximate surface area is 168 Å². The maximum absolute atomic E-state index is 13.8. The fourth-order valence-electron chi connectivity index (χ4n) is 4.60. The van der Waals surface area contributed by atoms with Gasteiger partial charge in [0.25, 0.3) is 0 Å². The van der Waals surface area contributed by atoms with Crippen LogP contribution in [0.25, 0.3) is 0 Å². The van der Waals surface area contributed by atoms with Crippen LogP contribution in [0.1, 0.15) is 44.1 Å². The quantitative estimate of drug-likeness (QED) is 0.720. The molecule has 0 bridgehead atoms. The summed E-state index contributed by atoms with van der Waals surface area (Å²) in [4.78, 5) is 15.3. The SMILES string of the molecule is O=C(N1CCC(Oc2ccc(F)cc2F)CC1)C1(c2ccc(F)cc2)CCCC1. The zero-order valence-corrected chi connectivity index (χ0v) is 16.2. The standard InChI is InChI=1S/C23H24F3NO2/c24-17-5-3-16(4-6-17)23(11-1-2-12-23)22(28)27-13-9-19(10-14-27)29-21-8-7-18(25)15-20(21)26/h3-8,15,19H,1-2,9-14H2. The molecule has 6 heteroatoms. The van der Waals surface area contributed by atoms with E-state index in [1.54, 1.807) is 12.1 Å². The smallest absolute Gasteiger partial charge is 0.233 e. The maximum Gasteiger partial charge on any atom is 0.233 e. The topological polar surface area (TPSA) is 29.5 Å². The van der Waals surface area contributed by atoms with Crippen LogP contribution in [0.4, 0.5) is 13.2 Å². The number of likely N-dealkylation sites (tertiary alicyclic amines) is 1. The summed E-state index contributed by atoms with van der Waals surface area (Å²) in [5.41, 5.74) is 0.304. The monoisotopic (exact) mass is 403 g/mol. The second-order valence-corrected chi connectivity index (χ2v) is 7.98. The molecule has 0 radical (unpaired) electrons. The Balaban J connectivity index is 1.43. The van der Waals surface area contributed by atoms with E-state index >= 15 is 0 Å². The minimum atomic E-state index is -0.718. The lowest BCUT2D eigenvalue weighted by atomic mass is 9.77. The normalized spacial score (nSPS) is 19.3. The summed E-state index contributed by atoms with van der Waals surface area (Å²) >= 11 is 0. The average Bonchev–Trinajstić information content (AvgIpc) is 3.22. The molecule has 154 valence electrons. The molecule has 1 heterocycles. The number of rotatable bonds is 4. The first-order valence-corrected chi connectivity index (χ1v) is 10.1. The summed E-state index contributed by atoms with van der Waals surface area (Å²) in [5.74, 6) is -1.54. The van der Waals surface area contributed by atoms with Gasteiger partial charge in [0.1, 0.15) is 17.7 Å². The maximum atomic E-state index is 13.8. The average molecular weight is 403 g/mol. The molecule has 1 aliphatic heterocycles. The second kappa shape index (κ2) is 8.09. The Hall–Kier alpha value is -2.50. The molecular formula is C23H24F3NO2. The van der Waals surface area contributed by atoms with Crippen molar-refractivity contribution in [3.05, 3.63) is 65.5 Å². The molecule has 2 fully saturated rings. The predicted octanol–water partition coefficient (Wildman–Crippen LogP) is 4.99. The van der Waals surface area contributed by atoms with E-state index in [0.717, 1.165) is 37.3 Å². The fourth-order valence-corrected chi connectivity index (χ4v) is 4.60. The summed E-state index contributed by atoms with van der Waals surface area (Å²) in [5, 5.41) is 0. The van der Waals surface area contributed by atoms with E-state index in [9.17, 15) is 18.0 Å². The molecular weight excluding hydrogens is 379 g/mol. The first-order valence-electron chi connectivity index (χ1n) is 10.1. The Bertz CT molecular complexity index is 870. The fraction of sp³-hybridized carbons (Fsp3) is 0.435. The van der Waals surface area contributed by atoms with Crippen molar-refractivity contribution in [3.8, 4) is 5.75 Å². The van der Waals surface area contributed by atoms with Crippen molar-refractivity contribution in [3.63, 3.8) is 0 Å². The van der Waals surface area contributed by atoms with Crippen LogP contribution in [-0.4, -0.2) is 30.0 Å². The van der Waals surface area contributed by atoms with Crippen LogP contribution in [0, 0.1) is 17.5 Å². The summed E-state index contributed by atoms with van der Waals surface area (Å²) < 4.78 is 45.9. The van der Waals surface area contributed by atoms with Crippen molar-refractivity contribution in [1.82, 2.24) is 4.90 Å². The highest BCUT2D eigenvalue weighted by Gasteiger charge is 2.45. The Morgan fingerprint density at radius 1 is 0.931 bits per heavy atom. The van der Waals surface area contributed by atoms with Crippen molar-refractivity contribution in [2.24, 2.45) is 0 Å². The van der Waals surface area contributed by atoms with Gasteiger partial charge < -0.3 is 9.64 Å². The van der Waals surface area contributed by atoms with E-state index in [-0.39, 0.29) is 23.6 Å². The predicted molar refractivity (Wildman–Crippen MR) is 103 cm³/mol. The minimum Gasteiger partial charge on any atom is -0.487 e. The molecule has 2 aromatic rings. The number of hydrogen-bond donors (Lipinski definition) is 0. The van der Waals surface area contributed by atoms with Gasteiger partial charge in [-0.15, -0.1) is 0 Å². The van der Waals surface area contributed by atoms with Gasteiger partial charge in [0.05, 0.1) is 5.41 Å². The van der Waals surface area contributed by atoms with Gasteiger partial charge in [-0.2, -0.15) is 0 Å². The lowest BCUT2D eigenvalue weighted by molar-refractivity contribution is -0.139. The summed E-state index contributed by atoms with van der Waals surface area (Å²) in [6.07, 6.45) is 4.45. The molecule has 2 aromatic carbocycles. The number of carbonyl (C=O) groups excluding carboxylic acids is 1. The third-order valence-electron chi connectivity index (χ3n) is 6.18. The summed E-state index contributed by atoms with van der Waals surface area (Å²) in [6.45, 7) is 1.05. The van der Waals surface area contributed by atoms with Crippen LogP contribution >= 0.6 is 0 Å². The van der Waals surface area contributed by atoms with Gasteiger partial charge in [-0.1, -0.05) is 25.0 Å². The van der Waals surface area contributed by atoms with E-state index in [1.807, 2.05) is 4.90 Å². The van der Waals surface area contributed by atoms with E-state index in [4.69, 9.17) is 4.74 Å². The highest BCUT2D eigenvalue weighted by atomic mass is 19.1. The molecule has 3 nitrogen and oxygen atoms in total. The highest BCUT2D eigenvalue weighted by Crippen LogP contribution is 2.43. The molecule has 4 rings (SSSR count). The number of amides is 1. The Morgan fingerprint density at radius 2 is 1.55 bits per heavy atom. The summed E-state index contributed by atoms with van der Waals surface area (Å²) in [7, 11) is 0. The number of hydrogen-bond acceptors (Lipinski definition) is 2. The first kappa shape index (κ1) is 19.8. The van der Waals surface area contributed by atoms with Gasteiger partial charge in [0.2, 0.25) is 5.91 Å². The number of piperidine rings is 1. The van der Waals surface area contributed by atoms with Gasteiger partial charge >= 0.3 is 0 Å². The largest absolute Gasteiger partial charge is 0.487 e. The minimum absolute atomic E-state index is 0.0368. The zero-order valence-electron chi connectivity index (χ0n) is 16.2. The van der Waals surface area contributed by atoms with Crippen LogP contribution < -0.4 is 4.74 Å². The number of nitrogens with zero attached hydrogens (tertiary/aromatic N) is 1. The van der Waals surface area contributed by atoms with Gasteiger partial charge in [0, 0.05) is 32.0 Å². The van der Waals surface area contributed by atoms with Gasteiger partial charge in [-0.25, -0.2) is 13.2 Å². The summed E-state index contributed by atoms with van der Waals surface area (Å²) in [6, 6.07) is 9.56. The third-order valence-corrected chi connectivity index (χ3v) is 6.18. The van der Waals surface area contributed by atoms with E-state index in [0.29, 0.717) is 25.9 Å². The van der Waals surface area contributed by atoms with Crippen molar-refractivity contribution in [2.45, 2.75) is 50.0 Å². The van der Waals surface area contributed by atoms with Gasteiger partial charge in [0.15, 0.2) is 11.6 Å². The molecule has 1 saturated carbocycles. The molecule has 1 saturated heterocycles. The van der Waals surface area contributed by atoms with Crippen LogP contribution in [0.2, 0.25) is 0 Å². The van der Waals surface area contributed by atoms with Crippen LogP contribution in [0.5, 0.6) is 5.75 Å². The van der Waals surface area contributed by atoms with Crippen molar-refractivity contribution in [1.29, 1.82) is 0 Å². The lowest BCUT2D eigenvalue weighted by Gasteiger charge is -2.38. The van der Waals surface area contributed by atoms with Crippen molar-refractivity contribution < 1.29 is 22.7 Å². The van der Waals surface area contributed by atoms with E-state index in [2.05, 4.69) is 0 Å². The van der Waals surface area contributed by atoms with Crippen LogP contribution in [0.15, 0.2) is 42.5 Å². The number of ether oxygens (including phenoxy) is 1. The van der Waals surface area contributed by atoms with E-state index in [1.165, 1.54) is 24.3 Å². The third kappa shape index (κ3) is 3.98. The zero-order chi connectivity index (χ0) is 20.4. The molecule has 29 heavy (non-hydrogen) atoms. The molecule has 2 aliphatic rings. The van der Waals surface area contributed by atoms with Gasteiger partial charge in [-0.3, -0.25) is 4.79 Å². The molecule has 1 aliphatic carbocycles.